The number of esters is 1. The van der Waals surface area contributed by atoms with Crippen molar-refractivity contribution in [2.45, 2.75) is 46.2 Å². The Balaban J connectivity index is 1.74. The Morgan fingerprint density at radius 3 is 2.81 bits per heavy atom. The lowest BCUT2D eigenvalue weighted by Crippen LogP contribution is -2.35. The number of imidazole rings is 1. The topological polar surface area (TPSA) is 50.6 Å². The highest BCUT2D eigenvalue weighted by atomic mass is 16.5. The molecule has 2 aliphatic rings. The Bertz CT molecular complexity index is 699. The summed E-state index contributed by atoms with van der Waals surface area (Å²) < 4.78 is 7.15. The zero-order valence-corrected chi connectivity index (χ0v) is 16.2. The molecule has 0 aromatic carbocycles. The molecular weight excluding hydrogens is 328 g/mol. The first-order valence-corrected chi connectivity index (χ1v) is 9.67. The first-order valence-electron chi connectivity index (χ1n) is 9.67. The van der Waals surface area contributed by atoms with Gasteiger partial charge in [-0.05, 0) is 51.4 Å². The number of aromatic nitrogens is 2. The Morgan fingerprint density at radius 2 is 2.15 bits per heavy atom. The van der Waals surface area contributed by atoms with E-state index in [2.05, 4.69) is 40.9 Å². The van der Waals surface area contributed by atoms with Crippen molar-refractivity contribution >= 4 is 5.97 Å². The number of ether oxygens (including phenoxy) is 1. The van der Waals surface area contributed by atoms with E-state index in [0.29, 0.717) is 12.3 Å². The van der Waals surface area contributed by atoms with E-state index in [4.69, 9.17) is 4.74 Å². The Kier molecular flexibility index (Phi) is 6.14. The largest absolute Gasteiger partial charge is 0.461 e. The van der Waals surface area contributed by atoms with Gasteiger partial charge in [0.15, 0.2) is 0 Å². The van der Waals surface area contributed by atoms with Gasteiger partial charge in [-0.2, -0.15) is 0 Å². The maximum absolute atomic E-state index is 12.1. The molecule has 0 atom stereocenters. The van der Waals surface area contributed by atoms with Crippen LogP contribution in [0.15, 0.2) is 29.6 Å². The summed E-state index contributed by atoms with van der Waals surface area (Å²) in [6.07, 6.45) is 9.88. The van der Waals surface area contributed by atoms with Gasteiger partial charge < -0.3 is 19.1 Å². The van der Waals surface area contributed by atoms with Crippen LogP contribution in [0.3, 0.4) is 0 Å². The van der Waals surface area contributed by atoms with E-state index in [0.717, 1.165) is 38.5 Å². The van der Waals surface area contributed by atoms with Crippen LogP contribution in [0, 0.1) is 0 Å². The number of fused-ring (bicyclic) bond motifs is 1. The average Bonchev–Trinajstić information content (AvgIpc) is 3.02. The summed E-state index contributed by atoms with van der Waals surface area (Å²) in [6, 6.07) is 0. The van der Waals surface area contributed by atoms with Crippen LogP contribution in [0.5, 0.6) is 0 Å². The summed E-state index contributed by atoms with van der Waals surface area (Å²) in [5.41, 5.74) is 3.47. The summed E-state index contributed by atoms with van der Waals surface area (Å²) in [4.78, 5) is 21.2. The van der Waals surface area contributed by atoms with Gasteiger partial charge in [0.05, 0.1) is 19.3 Å². The molecule has 0 saturated heterocycles. The minimum absolute atomic E-state index is 0.278. The zero-order chi connectivity index (χ0) is 18.5. The summed E-state index contributed by atoms with van der Waals surface area (Å²) in [5, 5.41) is 0. The van der Waals surface area contributed by atoms with Crippen LogP contribution in [0.2, 0.25) is 0 Å². The SMILES string of the molecule is CCOC(=O)c1cnc2n1CCN(C(/C=C/CN(C)CC)=C1CCC1)C2. The van der Waals surface area contributed by atoms with Gasteiger partial charge in [0, 0.05) is 25.3 Å². The minimum Gasteiger partial charge on any atom is -0.461 e. The molecule has 26 heavy (non-hydrogen) atoms. The molecule has 1 aromatic heterocycles. The second-order valence-corrected chi connectivity index (χ2v) is 6.95. The monoisotopic (exact) mass is 358 g/mol. The molecule has 0 amide bonds. The molecule has 1 aromatic rings. The molecule has 0 unspecified atom stereocenters. The fourth-order valence-electron chi connectivity index (χ4n) is 3.36. The molecule has 2 heterocycles. The first kappa shape index (κ1) is 18.7. The molecule has 1 aliphatic heterocycles. The third-order valence-electron chi connectivity index (χ3n) is 5.24. The van der Waals surface area contributed by atoms with Crippen molar-refractivity contribution < 1.29 is 9.53 Å². The van der Waals surface area contributed by atoms with Crippen molar-refractivity contribution in [2.24, 2.45) is 0 Å². The molecule has 142 valence electrons. The van der Waals surface area contributed by atoms with Crippen molar-refractivity contribution in [3.8, 4) is 0 Å². The van der Waals surface area contributed by atoms with Crippen LogP contribution in [0.1, 0.15) is 49.4 Å². The van der Waals surface area contributed by atoms with Crippen LogP contribution < -0.4 is 0 Å². The number of rotatable bonds is 7. The number of allylic oxidation sites excluding steroid dienone is 2. The number of nitrogens with zero attached hydrogens (tertiary/aromatic N) is 4. The van der Waals surface area contributed by atoms with Crippen LogP contribution in [-0.2, 0) is 17.8 Å². The highest BCUT2D eigenvalue weighted by Crippen LogP contribution is 2.32. The van der Waals surface area contributed by atoms with Gasteiger partial charge >= 0.3 is 5.97 Å². The van der Waals surface area contributed by atoms with Gasteiger partial charge in [-0.3, -0.25) is 0 Å². The van der Waals surface area contributed by atoms with Crippen LogP contribution >= 0.6 is 0 Å². The number of hydrogen-bond donors (Lipinski definition) is 0. The zero-order valence-electron chi connectivity index (χ0n) is 16.2. The van der Waals surface area contributed by atoms with Crippen LogP contribution in [0.25, 0.3) is 0 Å². The molecule has 1 aliphatic carbocycles. The lowest BCUT2D eigenvalue weighted by atomic mass is 9.89. The number of carbonyl (C=O) groups is 1. The first-order chi connectivity index (χ1) is 12.6. The third-order valence-corrected chi connectivity index (χ3v) is 5.24. The predicted octanol–water partition coefficient (Wildman–Crippen LogP) is 2.82. The van der Waals surface area contributed by atoms with Gasteiger partial charge in [0.25, 0.3) is 0 Å². The Labute approximate surface area is 156 Å². The maximum atomic E-state index is 12.1. The maximum Gasteiger partial charge on any atom is 0.356 e. The predicted molar refractivity (Wildman–Crippen MR) is 102 cm³/mol. The smallest absolute Gasteiger partial charge is 0.356 e. The summed E-state index contributed by atoms with van der Waals surface area (Å²) in [6.45, 7) is 8.80. The van der Waals surface area contributed by atoms with Gasteiger partial charge in [-0.25, -0.2) is 9.78 Å². The number of carbonyl (C=O) groups excluding carboxylic acids is 1. The van der Waals surface area contributed by atoms with Crippen molar-refractivity contribution in [2.75, 3.05) is 33.3 Å². The molecule has 0 N–H and O–H groups in total. The van der Waals surface area contributed by atoms with E-state index in [1.165, 1.54) is 25.0 Å². The fraction of sp³-hybridized carbons (Fsp3) is 0.600. The summed E-state index contributed by atoms with van der Waals surface area (Å²) in [5.74, 6) is 0.663. The molecule has 0 radical (unpaired) electrons. The normalized spacial score (nSPS) is 16.8. The van der Waals surface area contributed by atoms with Crippen molar-refractivity contribution in [3.05, 3.63) is 41.1 Å². The minimum atomic E-state index is -0.278. The van der Waals surface area contributed by atoms with E-state index >= 15 is 0 Å². The van der Waals surface area contributed by atoms with Gasteiger partial charge in [0.2, 0.25) is 0 Å². The number of hydrogen-bond acceptors (Lipinski definition) is 5. The molecule has 1 fully saturated rings. The highest BCUT2D eigenvalue weighted by Gasteiger charge is 2.26. The van der Waals surface area contributed by atoms with Gasteiger partial charge in [-0.1, -0.05) is 13.0 Å². The molecule has 0 spiro atoms. The second kappa shape index (κ2) is 8.54. The molecule has 6 heteroatoms. The van der Waals surface area contributed by atoms with Gasteiger partial charge in [-0.15, -0.1) is 0 Å². The lowest BCUT2D eigenvalue weighted by molar-refractivity contribution is 0.0511. The summed E-state index contributed by atoms with van der Waals surface area (Å²) >= 11 is 0. The lowest BCUT2D eigenvalue weighted by Gasteiger charge is -2.34. The van der Waals surface area contributed by atoms with E-state index in [1.807, 2.05) is 11.5 Å². The van der Waals surface area contributed by atoms with E-state index < -0.39 is 0 Å². The van der Waals surface area contributed by atoms with Crippen molar-refractivity contribution in [1.29, 1.82) is 0 Å². The van der Waals surface area contributed by atoms with Crippen molar-refractivity contribution in [1.82, 2.24) is 19.4 Å². The average molecular weight is 358 g/mol. The Hall–Kier alpha value is -2.08. The molecule has 6 nitrogen and oxygen atoms in total. The fourth-order valence-corrected chi connectivity index (χ4v) is 3.36. The van der Waals surface area contributed by atoms with Crippen LogP contribution in [-0.4, -0.2) is 58.6 Å². The van der Waals surface area contributed by atoms with E-state index in [9.17, 15) is 4.79 Å². The molecule has 3 rings (SSSR count). The second-order valence-electron chi connectivity index (χ2n) is 6.95. The van der Waals surface area contributed by atoms with E-state index in [1.54, 1.807) is 11.8 Å². The quantitative estimate of drug-likeness (QED) is 0.702. The van der Waals surface area contributed by atoms with E-state index in [-0.39, 0.29) is 5.97 Å². The van der Waals surface area contributed by atoms with Crippen LogP contribution in [0.4, 0.5) is 0 Å². The third kappa shape index (κ3) is 4.01. The Morgan fingerprint density at radius 1 is 1.35 bits per heavy atom. The molecule has 1 saturated carbocycles. The van der Waals surface area contributed by atoms with Gasteiger partial charge in [0.1, 0.15) is 11.5 Å². The number of likely N-dealkylation sites (N-methyl/N-ethyl adjacent to an activating group) is 1. The highest BCUT2D eigenvalue weighted by molar-refractivity contribution is 5.87. The summed E-state index contributed by atoms with van der Waals surface area (Å²) in [7, 11) is 2.13. The molecular formula is C20H30N4O2. The van der Waals surface area contributed by atoms with Crippen molar-refractivity contribution in [3.63, 3.8) is 0 Å². The standard InChI is InChI=1S/C20H30N4O2/c1-4-22(3)11-7-10-17(16-8-6-9-16)23-12-13-24-18(20(25)26-5-2)14-21-19(24)15-23/h7,10,14H,4-6,8-9,11-13,15H2,1-3H3/b10-7+. The molecule has 0 bridgehead atoms.